The monoisotopic (exact) mass is 858 g/mol. The molecule has 0 atom stereocenters. The lowest BCUT2D eigenvalue weighted by Crippen LogP contribution is -2.74. The highest BCUT2D eigenvalue weighted by Gasteiger charge is 2.42. The summed E-state index contributed by atoms with van der Waals surface area (Å²) in [6, 6.07) is 86.8. The first-order valence-electron chi connectivity index (χ1n) is 22.7. The molecule has 4 heterocycles. The Morgan fingerprint density at radius 3 is 1.55 bits per heavy atom. The van der Waals surface area contributed by atoms with Crippen LogP contribution in [0.4, 0.5) is 0 Å². The van der Waals surface area contributed by atoms with Crippen LogP contribution < -0.4 is 46.6 Å². The van der Waals surface area contributed by atoms with E-state index >= 15 is 0 Å². The molecule has 2 aliphatic heterocycles. The smallest absolute Gasteiger partial charge is 0.260 e. The highest BCUT2D eigenvalue weighted by molar-refractivity contribution is 7.20. The highest BCUT2D eigenvalue weighted by Crippen LogP contribution is 2.41. The lowest BCUT2D eigenvalue weighted by Gasteiger charge is -2.34. The zero-order valence-electron chi connectivity index (χ0n) is 35.8. The summed E-state index contributed by atoms with van der Waals surface area (Å²) in [5.41, 5.74) is 10.1. The first kappa shape index (κ1) is 37.1. The van der Waals surface area contributed by atoms with Crippen LogP contribution in [0.3, 0.4) is 0 Å². The Kier molecular flexibility index (Phi) is 8.06. The van der Waals surface area contributed by atoms with E-state index in [1.54, 1.807) is 0 Å². The zero-order chi connectivity index (χ0) is 43.3. The van der Waals surface area contributed by atoms with E-state index in [4.69, 9.17) is 9.47 Å². The van der Waals surface area contributed by atoms with E-state index in [9.17, 15) is 0 Å². The molecule has 0 bridgehead atoms. The molecule has 0 unspecified atom stereocenters. The average molecular weight is 859 g/mol. The Labute approximate surface area is 383 Å². The molecule has 0 aliphatic carbocycles. The fourth-order valence-corrected chi connectivity index (χ4v) is 16.2. The summed E-state index contributed by atoms with van der Waals surface area (Å²) in [6.07, 6.45) is 0. The van der Waals surface area contributed by atoms with Crippen LogP contribution in [0.2, 0.25) is 0 Å². The van der Waals surface area contributed by atoms with Gasteiger partial charge in [0.1, 0.15) is 23.0 Å². The predicted octanol–water partition coefficient (Wildman–Crippen LogP) is 9.99. The van der Waals surface area contributed by atoms with Crippen LogP contribution in [-0.2, 0) is 0 Å². The number of para-hydroxylation sites is 4. The zero-order valence-corrected chi connectivity index (χ0v) is 36.8. The van der Waals surface area contributed by atoms with Gasteiger partial charge in [-0.3, -0.25) is 0 Å². The Hall–Kier alpha value is -8.32. The molecule has 2 aromatic heterocycles. The second-order valence-electron chi connectivity index (χ2n) is 17.5. The van der Waals surface area contributed by atoms with Crippen LogP contribution in [0.5, 0.6) is 23.0 Å². The lowest BCUT2D eigenvalue weighted by atomic mass is 9.35. The maximum Gasteiger partial charge on any atom is 0.260 e. The maximum atomic E-state index is 6.88. The van der Waals surface area contributed by atoms with Gasteiger partial charge in [-0.25, -0.2) is 0 Å². The van der Waals surface area contributed by atoms with Crippen LogP contribution in [0.1, 0.15) is 0 Å². The third kappa shape index (κ3) is 5.21. The van der Waals surface area contributed by atoms with Crippen molar-refractivity contribution in [2.75, 3.05) is 0 Å². The fraction of sp³-hybridized carbons (Fsp3) is 0. The van der Waals surface area contributed by atoms with Crippen molar-refractivity contribution in [3.05, 3.63) is 237 Å². The number of hydrogen-bond acceptors (Lipinski definition) is 2. The van der Waals surface area contributed by atoms with Crippen molar-refractivity contribution < 1.29 is 9.47 Å². The summed E-state index contributed by atoms with van der Waals surface area (Å²) in [5, 5.41) is 10.2. The largest absolute Gasteiger partial charge is 0.458 e. The molecule has 0 saturated carbocycles. The molecular formula is C60H39BN2O2Si. The van der Waals surface area contributed by atoms with Gasteiger partial charge in [-0.1, -0.05) is 182 Å². The quantitative estimate of drug-likeness (QED) is 0.123. The third-order valence-electron chi connectivity index (χ3n) is 14.2. The van der Waals surface area contributed by atoms with Gasteiger partial charge >= 0.3 is 0 Å². The van der Waals surface area contributed by atoms with Gasteiger partial charge in [-0.05, 0) is 80.2 Å². The van der Waals surface area contributed by atoms with E-state index in [1.165, 1.54) is 53.3 Å². The number of aromatic nitrogens is 2. The van der Waals surface area contributed by atoms with E-state index in [2.05, 4.69) is 234 Å². The normalized spacial score (nSPS) is 12.8. The summed E-state index contributed by atoms with van der Waals surface area (Å²) in [7, 11) is -2.84. The first-order valence-corrected chi connectivity index (χ1v) is 24.7. The van der Waals surface area contributed by atoms with Crippen molar-refractivity contribution >= 4 is 95.5 Å². The van der Waals surface area contributed by atoms with Gasteiger partial charge in [-0.15, -0.1) is 0 Å². The SMILES string of the molecule is c1ccc([Si](c2ccccc2)(c2ccccc2)c2ccc3c4ccccc4n(-c4cccc5c6ccccc6n(-c6ccc7c(c6)Oc6cccc8c6B7c6ccccc6O8)c45)c3c2)cc1. The van der Waals surface area contributed by atoms with E-state index < -0.39 is 8.07 Å². The standard InChI is InChI=1S/C60H39BN2O2Si/c1-4-18-41(19-5-1)66(42-20-6-2-7-21-42,43-22-8-3-9-23-43)44-35-36-47-45-24-10-14-29-52(45)63(54(47)39-44)53-30-16-26-48-46-25-11-13-28-51(46)62(60(48)53)40-34-37-50-58(38-40)65-57-33-17-32-56-59(57)61(50)49-27-12-15-31-55(49)64-56/h1-39H. The van der Waals surface area contributed by atoms with Crippen LogP contribution in [0.25, 0.3) is 55.0 Å². The molecule has 10 aromatic carbocycles. The Bertz CT molecular complexity index is 3800. The van der Waals surface area contributed by atoms with Crippen LogP contribution in [0.15, 0.2) is 237 Å². The summed E-state index contributed by atoms with van der Waals surface area (Å²) in [6.45, 7) is -0.00205. The minimum absolute atomic E-state index is 0.00205. The molecule has 0 spiro atoms. The van der Waals surface area contributed by atoms with Crippen LogP contribution in [0, 0.1) is 0 Å². The second-order valence-corrected chi connectivity index (χ2v) is 21.3. The minimum Gasteiger partial charge on any atom is -0.458 e. The molecule has 2 aliphatic rings. The van der Waals surface area contributed by atoms with Gasteiger partial charge in [0.05, 0.1) is 27.8 Å². The second kappa shape index (κ2) is 14.3. The maximum absolute atomic E-state index is 6.88. The highest BCUT2D eigenvalue weighted by atomic mass is 28.3. The molecule has 66 heavy (non-hydrogen) atoms. The van der Waals surface area contributed by atoms with E-state index in [0.717, 1.165) is 61.8 Å². The van der Waals surface area contributed by atoms with Crippen molar-refractivity contribution in [1.82, 2.24) is 9.13 Å². The molecule has 0 radical (unpaired) electrons. The van der Waals surface area contributed by atoms with Crippen LogP contribution in [-0.4, -0.2) is 23.9 Å². The molecule has 0 saturated heterocycles. The predicted molar refractivity (Wildman–Crippen MR) is 276 cm³/mol. The molecule has 14 rings (SSSR count). The van der Waals surface area contributed by atoms with Gasteiger partial charge in [-0.2, -0.15) is 0 Å². The average Bonchev–Trinajstić information content (AvgIpc) is 3.90. The van der Waals surface area contributed by atoms with Gasteiger partial charge in [0.15, 0.2) is 8.07 Å². The Morgan fingerprint density at radius 1 is 0.333 bits per heavy atom. The minimum atomic E-state index is -2.84. The molecule has 308 valence electrons. The van der Waals surface area contributed by atoms with E-state index in [1.807, 2.05) is 12.1 Å². The summed E-state index contributed by atoms with van der Waals surface area (Å²) in [5.74, 6) is 3.43. The molecule has 0 fully saturated rings. The molecule has 0 N–H and O–H groups in total. The number of rotatable bonds is 6. The number of nitrogens with zero attached hydrogens (tertiary/aromatic N) is 2. The van der Waals surface area contributed by atoms with Gasteiger partial charge < -0.3 is 18.6 Å². The summed E-state index contributed by atoms with van der Waals surface area (Å²) < 4.78 is 18.3. The molecule has 12 aromatic rings. The van der Waals surface area contributed by atoms with Crippen LogP contribution >= 0.6 is 0 Å². The Morgan fingerprint density at radius 2 is 0.848 bits per heavy atom. The summed E-state index contributed by atoms with van der Waals surface area (Å²) >= 11 is 0. The van der Waals surface area contributed by atoms with Gasteiger partial charge in [0.25, 0.3) is 6.71 Å². The first-order chi connectivity index (χ1) is 32.8. The number of hydrogen-bond donors (Lipinski definition) is 0. The van der Waals surface area contributed by atoms with E-state index in [-0.39, 0.29) is 6.71 Å². The van der Waals surface area contributed by atoms with Crippen molar-refractivity contribution in [1.29, 1.82) is 0 Å². The van der Waals surface area contributed by atoms with Crippen molar-refractivity contribution in [3.63, 3.8) is 0 Å². The number of benzene rings is 10. The third-order valence-corrected chi connectivity index (χ3v) is 19.0. The molecular weight excluding hydrogens is 820 g/mol. The van der Waals surface area contributed by atoms with Crippen molar-refractivity contribution in [2.45, 2.75) is 0 Å². The molecule has 0 amide bonds. The van der Waals surface area contributed by atoms with Gasteiger partial charge in [0.2, 0.25) is 0 Å². The van der Waals surface area contributed by atoms with Gasteiger partial charge in [0, 0.05) is 38.8 Å². The van der Waals surface area contributed by atoms with Crippen molar-refractivity contribution in [3.8, 4) is 34.4 Å². The molecule has 4 nitrogen and oxygen atoms in total. The van der Waals surface area contributed by atoms with Crippen molar-refractivity contribution in [2.24, 2.45) is 0 Å². The fourth-order valence-electron chi connectivity index (χ4n) is 11.5. The number of ether oxygens (including phenoxy) is 2. The van der Waals surface area contributed by atoms with E-state index in [0.29, 0.717) is 0 Å². The summed E-state index contributed by atoms with van der Waals surface area (Å²) in [4.78, 5) is 0. The Balaban J connectivity index is 1.04. The topological polar surface area (TPSA) is 28.3 Å². The number of fused-ring (bicyclic) bond motifs is 10. The molecule has 6 heteroatoms. The lowest BCUT2D eigenvalue weighted by molar-refractivity contribution is 0.464.